The number of aromatic nitrogens is 1. The second kappa shape index (κ2) is 8.13. The lowest BCUT2D eigenvalue weighted by Gasteiger charge is -2.02. The second-order valence-corrected chi connectivity index (χ2v) is 7.06. The average molecular weight is 373 g/mol. The van der Waals surface area contributed by atoms with Crippen molar-refractivity contribution in [2.75, 3.05) is 0 Å². The first-order valence-electron chi connectivity index (χ1n) is 7.75. The van der Waals surface area contributed by atoms with Crippen molar-refractivity contribution < 1.29 is 9.18 Å². The Kier molecular flexibility index (Phi) is 5.67. The summed E-state index contributed by atoms with van der Waals surface area (Å²) in [6.07, 6.45) is 0.898. The van der Waals surface area contributed by atoms with Gasteiger partial charge in [0.25, 0.3) is 0 Å². The predicted octanol–water partition coefficient (Wildman–Crippen LogP) is 4.48. The standard InChI is InChI=1S/C18H16FN3OS2/c1-2-15(16-4-3-9-24-16)21-22-17(23)10-14-11-25-18(20-14)12-5-7-13(19)8-6-12/h3-9,11H,2,10H2,1H3,(H,22,23)/b21-15-. The summed E-state index contributed by atoms with van der Waals surface area (Å²) in [6, 6.07) is 10.1. The summed E-state index contributed by atoms with van der Waals surface area (Å²) < 4.78 is 13.0. The zero-order valence-corrected chi connectivity index (χ0v) is 15.2. The van der Waals surface area contributed by atoms with Gasteiger partial charge >= 0.3 is 0 Å². The maximum Gasteiger partial charge on any atom is 0.246 e. The van der Waals surface area contributed by atoms with Gasteiger partial charge in [-0.15, -0.1) is 22.7 Å². The quantitative estimate of drug-likeness (QED) is 0.511. The molecule has 3 aromatic rings. The molecule has 0 radical (unpaired) electrons. The third-order valence-corrected chi connectivity index (χ3v) is 5.30. The minimum atomic E-state index is -0.282. The Hall–Kier alpha value is -2.38. The van der Waals surface area contributed by atoms with E-state index in [1.54, 1.807) is 23.5 Å². The molecular weight excluding hydrogens is 357 g/mol. The van der Waals surface area contributed by atoms with Gasteiger partial charge in [-0.3, -0.25) is 4.79 Å². The van der Waals surface area contributed by atoms with Crippen molar-refractivity contribution >= 4 is 34.3 Å². The van der Waals surface area contributed by atoms with Gasteiger partial charge < -0.3 is 0 Å². The molecule has 0 unspecified atom stereocenters. The molecule has 0 aliphatic carbocycles. The molecule has 0 aliphatic heterocycles. The number of benzene rings is 1. The zero-order chi connectivity index (χ0) is 17.6. The maximum absolute atomic E-state index is 13.0. The van der Waals surface area contributed by atoms with Crippen LogP contribution in [0.15, 0.2) is 52.3 Å². The van der Waals surface area contributed by atoms with E-state index in [0.717, 1.165) is 27.6 Å². The molecule has 0 bridgehead atoms. The van der Waals surface area contributed by atoms with E-state index in [4.69, 9.17) is 0 Å². The normalized spacial score (nSPS) is 11.5. The topological polar surface area (TPSA) is 54.4 Å². The van der Waals surface area contributed by atoms with Gasteiger partial charge in [-0.2, -0.15) is 5.10 Å². The number of hydrogen-bond acceptors (Lipinski definition) is 5. The summed E-state index contributed by atoms with van der Waals surface area (Å²) in [6.45, 7) is 2.00. The third-order valence-electron chi connectivity index (χ3n) is 3.44. The lowest BCUT2D eigenvalue weighted by atomic mass is 10.2. The summed E-state index contributed by atoms with van der Waals surface area (Å²) in [5, 5.41) is 8.80. The van der Waals surface area contributed by atoms with Crippen molar-refractivity contribution in [2.45, 2.75) is 19.8 Å². The number of hydrazone groups is 1. The molecule has 2 aromatic heterocycles. The Morgan fingerprint density at radius 2 is 2.04 bits per heavy atom. The highest BCUT2D eigenvalue weighted by molar-refractivity contribution is 7.13. The van der Waals surface area contributed by atoms with Gasteiger partial charge in [0, 0.05) is 10.9 Å². The smallest absolute Gasteiger partial charge is 0.246 e. The van der Waals surface area contributed by atoms with Gasteiger partial charge in [0.1, 0.15) is 10.8 Å². The fraction of sp³-hybridized carbons (Fsp3) is 0.167. The molecule has 1 amide bonds. The van der Waals surface area contributed by atoms with Crippen molar-refractivity contribution in [3.8, 4) is 10.6 Å². The molecule has 1 N–H and O–H groups in total. The number of rotatable bonds is 6. The van der Waals surface area contributed by atoms with Gasteiger partial charge in [0.15, 0.2) is 0 Å². The molecule has 2 heterocycles. The molecule has 25 heavy (non-hydrogen) atoms. The first-order chi connectivity index (χ1) is 12.2. The highest BCUT2D eigenvalue weighted by Crippen LogP contribution is 2.24. The van der Waals surface area contributed by atoms with Crippen LogP contribution in [0.5, 0.6) is 0 Å². The average Bonchev–Trinajstić information content (AvgIpc) is 3.28. The minimum absolute atomic E-state index is 0.155. The number of halogens is 1. The molecule has 0 saturated carbocycles. The van der Waals surface area contributed by atoms with E-state index in [-0.39, 0.29) is 18.1 Å². The van der Waals surface area contributed by atoms with E-state index >= 15 is 0 Å². The molecule has 0 spiro atoms. The molecule has 3 rings (SSSR count). The fourth-order valence-electron chi connectivity index (χ4n) is 2.20. The Balaban J connectivity index is 1.63. The van der Waals surface area contributed by atoms with Gasteiger partial charge in [-0.25, -0.2) is 14.8 Å². The van der Waals surface area contributed by atoms with Crippen LogP contribution in [0.4, 0.5) is 4.39 Å². The number of thiazole rings is 1. The molecule has 128 valence electrons. The van der Waals surface area contributed by atoms with E-state index in [1.165, 1.54) is 23.5 Å². The van der Waals surface area contributed by atoms with Gasteiger partial charge in [0.2, 0.25) is 5.91 Å². The minimum Gasteiger partial charge on any atom is -0.273 e. The van der Waals surface area contributed by atoms with Crippen LogP contribution < -0.4 is 5.43 Å². The molecule has 0 atom stereocenters. The Bertz CT molecular complexity index is 870. The van der Waals surface area contributed by atoms with Crippen LogP contribution >= 0.6 is 22.7 Å². The lowest BCUT2D eigenvalue weighted by Crippen LogP contribution is -2.21. The van der Waals surface area contributed by atoms with Crippen molar-refractivity contribution in [3.05, 3.63) is 63.5 Å². The number of carbonyl (C=O) groups excluding carboxylic acids is 1. The van der Waals surface area contributed by atoms with Gasteiger partial charge in [0.05, 0.1) is 22.7 Å². The van der Waals surface area contributed by atoms with Crippen LogP contribution in [-0.4, -0.2) is 16.6 Å². The largest absolute Gasteiger partial charge is 0.273 e. The SMILES string of the molecule is CC/C(=N/NC(=O)Cc1csc(-c2ccc(F)cc2)n1)c1cccs1. The van der Waals surface area contributed by atoms with Gasteiger partial charge in [-0.1, -0.05) is 13.0 Å². The third kappa shape index (κ3) is 4.58. The van der Waals surface area contributed by atoms with Crippen LogP contribution in [0.3, 0.4) is 0 Å². The van der Waals surface area contributed by atoms with E-state index in [1.807, 2.05) is 29.8 Å². The second-order valence-electron chi connectivity index (χ2n) is 5.25. The summed E-state index contributed by atoms with van der Waals surface area (Å²) >= 11 is 3.02. The van der Waals surface area contributed by atoms with Crippen molar-refractivity contribution in [3.63, 3.8) is 0 Å². The molecule has 0 fully saturated rings. The monoisotopic (exact) mass is 373 g/mol. The van der Waals surface area contributed by atoms with E-state index in [2.05, 4.69) is 15.5 Å². The van der Waals surface area contributed by atoms with Crippen LogP contribution in [0.1, 0.15) is 23.9 Å². The van der Waals surface area contributed by atoms with Crippen LogP contribution in [0, 0.1) is 5.82 Å². The lowest BCUT2D eigenvalue weighted by molar-refractivity contribution is -0.120. The summed E-state index contributed by atoms with van der Waals surface area (Å²) in [4.78, 5) is 17.6. The summed E-state index contributed by atoms with van der Waals surface area (Å²) in [5.41, 5.74) is 4.96. The molecular formula is C18H16FN3OS2. The van der Waals surface area contributed by atoms with Crippen LogP contribution in [-0.2, 0) is 11.2 Å². The Labute approximate surface area is 153 Å². The summed E-state index contributed by atoms with van der Waals surface area (Å²) in [5.74, 6) is -0.492. The molecule has 0 aliphatic rings. The van der Waals surface area contributed by atoms with Crippen LogP contribution in [0.2, 0.25) is 0 Å². The number of nitrogens with one attached hydrogen (secondary N) is 1. The molecule has 1 aromatic carbocycles. The number of amides is 1. The number of hydrogen-bond donors (Lipinski definition) is 1. The maximum atomic E-state index is 13.0. The van der Waals surface area contributed by atoms with E-state index < -0.39 is 0 Å². The predicted molar refractivity (Wildman–Crippen MR) is 101 cm³/mol. The summed E-state index contributed by atoms with van der Waals surface area (Å²) in [7, 11) is 0. The van der Waals surface area contributed by atoms with Crippen LogP contribution in [0.25, 0.3) is 10.6 Å². The molecule has 0 saturated heterocycles. The van der Waals surface area contributed by atoms with Crippen molar-refractivity contribution in [2.24, 2.45) is 5.10 Å². The Morgan fingerprint density at radius 1 is 1.24 bits per heavy atom. The first kappa shape index (κ1) is 17.4. The first-order valence-corrected chi connectivity index (χ1v) is 9.51. The van der Waals surface area contributed by atoms with E-state index in [9.17, 15) is 9.18 Å². The highest BCUT2D eigenvalue weighted by Gasteiger charge is 2.10. The van der Waals surface area contributed by atoms with Gasteiger partial charge in [-0.05, 0) is 42.1 Å². The molecule has 4 nitrogen and oxygen atoms in total. The highest BCUT2D eigenvalue weighted by atomic mass is 32.1. The Morgan fingerprint density at radius 3 is 2.72 bits per heavy atom. The number of thiophene rings is 1. The number of carbonyl (C=O) groups is 1. The zero-order valence-electron chi connectivity index (χ0n) is 13.5. The van der Waals surface area contributed by atoms with Crippen molar-refractivity contribution in [1.29, 1.82) is 0 Å². The molecule has 7 heteroatoms. The van der Waals surface area contributed by atoms with Crippen molar-refractivity contribution in [1.82, 2.24) is 10.4 Å². The number of nitrogens with zero attached hydrogens (tertiary/aromatic N) is 2. The van der Waals surface area contributed by atoms with E-state index in [0.29, 0.717) is 5.69 Å². The fourth-order valence-corrected chi connectivity index (χ4v) is 3.81.